The first kappa shape index (κ1) is 13.6. The van der Waals surface area contributed by atoms with Gasteiger partial charge in [-0.25, -0.2) is 0 Å². The van der Waals surface area contributed by atoms with Gasteiger partial charge in [-0.3, -0.25) is 0 Å². The van der Waals surface area contributed by atoms with Crippen molar-refractivity contribution in [1.29, 1.82) is 0 Å². The molecule has 1 aromatic carbocycles. The average Bonchev–Trinajstić information content (AvgIpc) is 2.25. The van der Waals surface area contributed by atoms with Crippen molar-refractivity contribution >= 4 is 6.08 Å². The van der Waals surface area contributed by atoms with Crippen LogP contribution >= 0.6 is 0 Å². The van der Waals surface area contributed by atoms with E-state index in [9.17, 15) is 0 Å². The molecule has 0 amide bonds. The molecule has 1 aromatic rings. The molecule has 0 aliphatic carbocycles. The summed E-state index contributed by atoms with van der Waals surface area (Å²) in [6.45, 7) is 16.0. The number of benzene rings is 1. The van der Waals surface area contributed by atoms with Crippen LogP contribution < -0.4 is 4.74 Å². The third kappa shape index (κ3) is 3.48. The van der Waals surface area contributed by atoms with Crippen LogP contribution in [0.3, 0.4) is 0 Å². The Kier molecular flexibility index (Phi) is 4.17. The molecule has 1 atom stereocenters. The maximum Gasteiger partial charge on any atom is 0.127 e. The molecule has 0 aliphatic rings. The van der Waals surface area contributed by atoms with Gasteiger partial charge in [0.2, 0.25) is 0 Å². The van der Waals surface area contributed by atoms with Crippen LogP contribution in [0.25, 0.3) is 6.08 Å². The van der Waals surface area contributed by atoms with Gasteiger partial charge in [-0.1, -0.05) is 37.8 Å². The van der Waals surface area contributed by atoms with Crippen molar-refractivity contribution in [1.82, 2.24) is 0 Å². The van der Waals surface area contributed by atoms with Crippen LogP contribution in [0.5, 0.6) is 5.75 Å². The molecule has 0 radical (unpaired) electrons. The summed E-state index contributed by atoms with van der Waals surface area (Å²) >= 11 is 0. The van der Waals surface area contributed by atoms with Crippen molar-refractivity contribution in [3.8, 4) is 5.75 Å². The Balaban J connectivity index is 3.23. The first-order valence-electron chi connectivity index (χ1n) is 5.96. The fourth-order valence-electron chi connectivity index (χ4n) is 1.72. The Morgan fingerprint density at radius 3 is 2.35 bits per heavy atom. The van der Waals surface area contributed by atoms with E-state index in [4.69, 9.17) is 4.74 Å². The first-order chi connectivity index (χ1) is 7.89. The molecule has 0 bridgehead atoms. The Morgan fingerprint density at radius 1 is 1.24 bits per heavy atom. The van der Waals surface area contributed by atoms with Gasteiger partial charge in [0.25, 0.3) is 0 Å². The Labute approximate surface area is 105 Å². The van der Waals surface area contributed by atoms with Crippen LogP contribution in [-0.2, 0) is 0 Å². The minimum atomic E-state index is -0.201. The largest absolute Gasteiger partial charge is 0.488 e. The lowest BCUT2D eigenvalue weighted by Gasteiger charge is -2.24. The summed E-state index contributed by atoms with van der Waals surface area (Å²) in [5.41, 5.74) is 2.07. The highest BCUT2D eigenvalue weighted by molar-refractivity contribution is 5.61. The fraction of sp³-hybridized carbons (Fsp3) is 0.375. The molecule has 0 heterocycles. The van der Waals surface area contributed by atoms with Crippen LogP contribution in [0.4, 0.5) is 0 Å². The van der Waals surface area contributed by atoms with Gasteiger partial charge >= 0.3 is 0 Å². The monoisotopic (exact) mass is 230 g/mol. The van der Waals surface area contributed by atoms with Crippen molar-refractivity contribution in [3.63, 3.8) is 0 Å². The van der Waals surface area contributed by atoms with Gasteiger partial charge in [0.15, 0.2) is 0 Å². The molecule has 0 aliphatic heterocycles. The van der Waals surface area contributed by atoms with E-state index in [-0.39, 0.29) is 5.60 Å². The van der Waals surface area contributed by atoms with Crippen LogP contribution in [0.2, 0.25) is 0 Å². The van der Waals surface area contributed by atoms with Gasteiger partial charge in [-0.05, 0) is 38.3 Å². The minimum absolute atomic E-state index is 0.201. The Hall–Kier alpha value is -1.50. The summed E-state index contributed by atoms with van der Waals surface area (Å²) in [7, 11) is 0. The standard InChI is InChI=1S/C16H22O/c1-7-12(3)14-10-9-11-15(13(14)8-2)17-16(4,5)6/h7-12H,1-2H2,3-6H3. The summed E-state index contributed by atoms with van der Waals surface area (Å²) in [5.74, 6) is 1.19. The smallest absolute Gasteiger partial charge is 0.127 e. The van der Waals surface area contributed by atoms with Crippen LogP contribution in [-0.4, -0.2) is 5.60 Å². The molecule has 1 unspecified atom stereocenters. The topological polar surface area (TPSA) is 9.23 Å². The molecule has 1 heteroatoms. The summed E-state index contributed by atoms with van der Waals surface area (Å²) < 4.78 is 5.95. The molecule has 0 fully saturated rings. The number of rotatable bonds is 4. The van der Waals surface area contributed by atoms with Crippen molar-refractivity contribution in [2.45, 2.75) is 39.2 Å². The zero-order valence-electron chi connectivity index (χ0n) is 11.3. The van der Waals surface area contributed by atoms with Crippen LogP contribution in [0.15, 0.2) is 37.4 Å². The van der Waals surface area contributed by atoms with Gasteiger partial charge in [0.05, 0.1) is 0 Å². The number of hydrogen-bond donors (Lipinski definition) is 0. The molecule has 92 valence electrons. The number of hydrogen-bond acceptors (Lipinski definition) is 1. The lowest BCUT2D eigenvalue weighted by molar-refractivity contribution is 0.130. The maximum atomic E-state index is 5.95. The van der Waals surface area contributed by atoms with E-state index < -0.39 is 0 Å². The lowest BCUT2D eigenvalue weighted by Crippen LogP contribution is -2.23. The molecule has 0 saturated carbocycles. The summed E-state index contributed by atoms with van der Waals surface area (Å²) in [6.07, 6.45) is 3.79. The van der Waals surface area contributed by atoms with Crippen molar-refractivity contribution in [2.24, 2.45) is 0 Å². The van der Waals surface area contributed by atoms with E-state index in [2.05, 4.69) is 26.1 Å². The van der Waals surface area contributed by atoms with E-state index in [0.717, 1.165) is 11.3 Å². The normalized spacial score (nSPS) is 12.9. The molecular weight excluding hydrogens is 208 g/mol. The molecule has 0 spiro atoms. The predicted octanol–water partition coefficient (Wildman–Crippen LogP) is 4.80. The van der Waals surface area contributed by atoms with Crippen molar-refractivity contribution in [2.75, 3.05) is 0 Å². The van der Waals surface area contributed by atoms with E-state index in [1.165, 1.54) is 5.56 Å². The van der Waals surface area contributed by atoms with Gasteiger partial charge in [-0.2, -0.15) is 0 Å². The summed E-state index contributed by atoms with van der Waals surface area (Å²) in [6, 6.07) is 6.10. The molecule has 1 rings (SSSR count). The predicted molar refractivity (Wildman–Crippen MR) is 75.5 cm³/mol. The molecule has 17 heavy (non-hydrogen) atoms. The second-order valence-corrected chi connectivity index (χ2v) is 5.20. The van der Waals surface area contributed by atoms with Crippen LogP contribution in [0.1, 0.15) is 44.7 Å². The zero-order chi connectivity index (χ0) is 13.1. The summed E-state index contributed by atoms with van der Waals surface area (Å²) in [5, 5.41) is 0. The van der Waals surface area contributed by atoms with E-state index in [1.807, 2.05) is 45.1 Å². The second-order valence-electron chi connectivity index (χ2n) is 5.20. The van der Waals surface area contributed by atoms with Gasteiger partial charge < -0.3 is 4.74 Å². The van der Waals surface area contributed by atoms with Crippen LogP contribution in [0, 0.1) is 0 Å². The highest BCUT2D eigenvalue weighted by Gasteiger charge is 2.16. The molecule has 0 aromatic heterocycles. The Morgan fingerprint density at radius 2 is 1.88 bits per heavy atom. The molecule has 0 saturated heterocycles. The van der Waals surface area contributed by atoms with Crippen molar-refractivity contribution in [3.05, 3.63) is 48.6 Å². The summed E-state index contributed by atoms with van der Waals surface area (Å²) in [4.78, 5) is 0. The lowest BCUT2D eigenvalue weighted by atomic mass is 9.95. The Bertz CT molecular complexity index is 410. The van der Waals surface area contributed by atoms with E-state index >= 15 is 0 Å². The molecule has 0 N–H and O–H groups in total. The number of allylic oxidation sites excluding steroid dienone is 1. The highest BCUT2D eigenvalue weighted by Crippen LogP contribution is 2.31. The van der Waals surface area contributed by atoms with Gasteiger partial charge in [0, 0.05) is 5.56 Å². The number of ether oxygens (including phenoxy) is 1. The highest BCUT2D eigenvalue weighted by atomic mass is 16.5. The first-order valence-corrected chi connectivity index (χ1v) is 5.96. The zero-order valence-corrected chi connectivity index (χ0v) is 11.3. The van der Waals surface area contributed by atoms with E-state index in [1.54, 1.807) is 0 Å². The second kappa shape index (κ2) is 5.22. The SMILES string of the molecule is C=Cc1c(OC(C)(C)C)cccc1C(C)C=C. The van der Waals surface area contributed by atoms with E-state index in [0.29, 0.717) is 5.92 Å². The third-order valence-corrected chi connectivity index (χ3v) is 2.56. The average molecular weight is 230 g/mol. The molecular formula is C16H22O. The maximum absolute atomic E-state index is 5.95. The molecule has 1 nitrogen and oxygen atoms in total. The van der Waals surface area contributed by atoms with Gasteiger partial charge in [0.1, 0.15) is 11.4 Å². The van der Waals surface area contributed by atoms with Gasteiger partial charge in [-0.15, -0.1) is 6.58 Å². The van der Waals surface area contributed by atoms with Crippen molar-refractivity contribution < 1.29 is 4.74 Å². The fourth-order valence-corrected chi connectivity index (χ4v) is 1.72. The quantitative estimate of drug-likeness (QED) is 0.675. The third-order valence-electron chi connectivity index (χ3n) is 2.56. The minimum Gasteiger partial charge on any atom is -0.488 e.